The lowest BCUT2D eigenvalue weighted by atomic mass is 10.2. The van der Waals surface area contributed by atoms with Crippen molar-refractivity contribution < 1.29 is 0 Å². The predicted octanol–water partition coefficient (Wildman–Crippen LogP) is 3.42. The number of anilines is 1. The third-order valence-electron chi connectivity index (χ3n) is 2.89. The molecule has 1 aromatic heterocycles. The summed E-state index contributed by atoms with van der Waals surface area (Å²) in [7, 11) is 0. The highest BCUT2D eigenvalue weighted by Gasteiger charge is 2.04. The Labute approximate surface area is 106 Å². The first kappa shape index (κ1) is 12.3. The molecule has 1 atom stereocenters. The van der Waals surface area contributed by atoms with Crippen LogP contribution in [0.25, 0.3) is 11.0 Å². The van der Waals surface area contributed by atoms with Gasteiger partial charge in [-0.3, -0.25) is 0 Å². The number of benzene rings is 1. The molecule has 3 nitrogen and oxygen atoms in total. The average Bonchev–Trinajstić information content (AvgIpc) is 2.70. The Kier molecular flexibility index (Phi) is 3.94. The minimum Gasteiger partial charge on any atom is -0.399 e. The molecule has 0 saturated carbocycles. The number of thioether (sulfide) groups is 1. The molecule has 4 heteroatoms. The van der Waals surface area contributed by atoms with E-state index in [0.29, 0.717) is 0 Å². The Hall–Kier alpha value is -1.16. The maximum atomic E-state index is 5.74. The van der Waals surface area contributed by atoms with Gasteiger partial charge in [0.05, 0.1) is 16.8 Å². The first-order chi connectivity index (χ1) is 8.19. The van der Waals surface area contributed by atoms with Gasteiger partial charge in [0, 0.05) is 5.69 Å². The highest BCUT2D eigenvalue weighted by molar-refractivity contribution is 7.98. The molecule has 2 aromatic rings. The molecule has 1 heterocycles. The van der Waals surface area contributed by atoms with E-state index in [1.54, 1.807) is 0 Å². The van der Waals surface area contributed by atoms with Crippen molar-refractivity contribution in [1.82, 2.24) is 9.97 Å². The van der Waals surface area contributed by atoms with Crippen LogP contribution in [0.5, 0.6) is 0 Å². The first-order valence-corrected chi connectivity index (χ1v) is 7.16. The Morgan fingerprint density at radius 3 is 3.06 bits per heavy atom. The molecule has 0 radical (unpaired) electrons. The fourth-order valence-electron chi connectivity index (χ4n) is 1.62. The number of aromatic amines is 1. The predicted molar refractivity (Wildman–Crippen MR) is 76.1 cm³/mol. The Balaban J connectivity index is 1.99. The number of fused-ring (bicyclic) bond motifs is 1. The van der Waals surface area contributed by atoms with Crippen LogP contribution < -0.4 is 5.73 Å². The lowest BCUT2D eigenvalue weighted by Gasteiger charge is -2.05. The van der Waals surface area contributed by atoms with Crippen molar-refractivity contribution in [3.8, 4) is 0 Å². The first-order valence-electron chi connectivity index (χ1n) is 6.01. The normalized spacial score (nSPS) is 13.1. The molecule has 0 aliphatic heterocycles. The molecule has 0 spiro atoms. The van der Waals surface area contributed by atoms with E-state index in [1.807, 2.05) is 30.0 Å². The number of H-pyrrole nitrogens is 1. The van der Waals surface area contributed by atoms with Gasteiger partial charge < -0.3 is 10.7 Å². The minimum atomic E-state index is 0.778. The summed E-state index contributed by atoms with van der Waals surface area (Å²) in [5.74, 6) is 3.95. The zero-order valence-electron chi connectivity index (χ0n) is 10.4. The van der Waals surface area contributed by atoms with Crippen LogP contribution in [0.2, 0.25) is 0 Å². The van der Waals surface area contributed by atoms with E-state index in [1.165, 1.54) is 12.2 Å². The number of rotatable bonds is 5. The summed E-state index contributed by atoms with van der Waals surface area (Å²) in [6, 6.07) is 5.79. The number of imidazole rings is 1. The van der Waals surface area contributed by atoms with E-state index in [-0.39, 0.29) is 0 Å². The van der Waals surface area contributed by atoms with Crippen molar-refractivity contribution in [2.24, 2.45) is 5.92 Å². The summed E-state index contributed by atoms with van der Waals surface area (Å²) in [6.45, 7) is 4.52. The van der Waals surface area contributed by atoms with Crippen molar-refractivity contribution in [3.05, 3.63) is 24.0 Å². The molecule has 3 N–H and O–H groups in total. The molecule has 0 fully saturated rings. The van der Waals surface area contributed by atoms with E-state index < -0.39 is 0 Å². The molecule has 0 bridgehead atoms. The molecule has 1 unspecified atom stereocenters. The fourth-order valence-corrected chi connectivity index (χ4v) is 2.71. The number of hydrogen-bond acceptors (Lipinski definition) is 3. The van der Waals surface area contributed by atoms with E-state index in [2.05, 4.69) is 23.8 Å². The van der Waals surface area contributed by atoms with Gasteiger partial charge >= 0.3 is 0 Å². The number of nitrogens with two attached hydrogens (primary N) is 1. The van der Waals surface area contributed by atoms with Crippen LogP contribution >= 0.6 is 11.8 Å². The number of aromatic nitrogens is 2. The van der Waals surface area contributed by atoms with Gasteiger partial charge in [0.15, 0.2) is 0 Å². The number of nitrogens with one attached hydrogen (secondary N) is 1. The van der Waals surface area contributed by atoms with E-state index in [9.17, 15) is 0 Å². The van der Waals surface area contributed by atoms with Gasteiger partial charge in [-0.15, -0.1) is 0 Å². The molecular weight excluding hydrogens is 230 g/mol. The van der Waals surface area contributed by atoms with Crippen LogP contribution in [-0.2, 0) is 5.75 Å². The fraction of sp³-hybridized carbons (Fsp3) is 0.462. The standard InChI is InChI=1S/C13H19N3S/c1-3-9(2)7-17-8-13-15-11-5-4-10(14)6-12(11)16-13/h4-6,9H,3,7-8,14H2,1-2H3,(H,15,16). The van der Waals surface area contributed by atoms with Crippen LogP contribution in [0.1, 0.15) is 26.1 Å². The highest BCUT2D eigenvalue weighted by Crippen LogP contribution is 2.19. The third kappa shape index (κ3) is 3.16. The third-order valence-corrected chi connectivity index (χ3v) is 4.18. The monoisotopic (exact) mass is 249 g/mol. The van der Waals surface area contributed by atoms with Gasteiger partial charge in [-0.2, -0.15) is 11.8 Å². The summed E-state index contributed by atoms with van der Waals surface area (Å²) in [5, 5.41) is 0. The average molecular weight is 249 g/mol. The maximum absolute atomic E-state index is 5.74. The number of nitrogens with zero attached hydrogens (tertiary/aromatic N) is 1. The topological polar surface area (TPSA) is 54.7 Å². The van der Waals surface area contributed by atoms with Crippen molar-refractivity contribution in [1.29, 1.82) is 0 Å². The van der Waals surface area contributed by atoms with Crippen LogP contribution in [0, 0.1) is 5.92 Å². The van der Waals surface area contributed by atoms with Gasteiger partial charge in [0.2, 0.25) is 0 Å². The molecule has 2 rings (SSSR count). The zero-order valence-corrected chi connectivity index (χ0v) is 11.2. The molecule has 1 aromatic carbocycles. The van der Waals surface area contributed by atoms with Gasteiger partial charge in [-0.25, -0.2) is 4.98 Å². The lowest BCUT2D eigenvalue weighted by Crippen LogP contribution is -1.96. The SMILES string of the molecule is CCC(C)CSCc1nc2ccc(N)cc2[nH]1. The van der Waals surface area contributed by atoms with Crippen LogP contribution in [0.4, 0.5) is 5.69 Å². The van der Waals surface area contributed by atoms with E-state index in [0.717, 1.165) is 34.2 Å². The summed E-state index contributed by atoms with van der Waals surface area (Å²) >= 11 is 1.93. The second-order valence-corrected chi connectivity index (χ2v) is 5.52. The molecule has 17 heavy (non-hydrogen) atoms. The van der Waals surface area contributed by atoms with Gasteiger partial charge in [-0.05, 0) is 29.9 Å². The van der Waals surface area contributed by atoms with E-state index in [4.69, 9.17) is 5.73 Å². The van der Waals surface area contributed by atoms with Crippen LogP contribution in [-0.4, -0.2) is 15.7 Å². The Bertz CT molecular complexity index is 492. The van der Waals surface area contributed by atoms with Crippen molar-refractivity contribution in [2.75, 3.05) is 11.5 Å². The lowest BCUT2D eigenvalue weighted by molar-refractivity contribution is 0.637. The van der Waals surface area contributed by atoms with Crippen LogP contribution in [0.3, 0.4) is 0 Å². The Morgan fingerprint density at radius 2 is 2.29 bits per heavy atom. The smallest absolute Gasteiger partial charge is 0.117 e. The summed E-state index contributed by atoms with van der Waals surface area (Å²) in [5.41, 5.74) is 8.55. The summed E-state index contributed by atoms with van der Waals surface area (Å²) in [6.07, 6.45) is 1.24. The summed E-state index contributed by atoms with van der Waals surface area (Å²) in [4.78, 5) is 7.86. The van der Waals surface area contributed by atoms with Crippen LogP contribution in [0.15, 0.2) is 18.2 Å². The van der Waals surface area contributed by atoms with Crippen molar-refractivity contribution in [2.45, 2.75) is 26.0 Å². The van der Waals surface area contributed by atoms with Crippen molar-refractivity contribution >= 4 is 28.5 Å². The van der Waals surface area contributed by atoms with Gasteiger partial charge in [0.25, 0.3) is 0 Å². The molecule has 0 amide bonds. The quantitative estimate of drug-likeness (QED) is 0.798. The van der Waals surface area contributed by atoms with Gasteiger partial charge in [-0.1, -0.05) is 20.3 Å². The second kappa shape index (κ2) is 5.45. The van der Waals surface area contributed by atoms with E-state index >= 15 is 0 Å². The van der Waals surface area contributed by atoms with Gasteiger partial charge in [0.1, 0.15) is 5.82 Å². The minimum absolute atomic E-state index is 0.778. The second-order valence-electron chi connectivity index (χ2n) is 4.49. The molecule has 92 valence electrons. The largest absolute Gasteiger partial charge is 0.399 e. The molecule has 0 aliphatic carbocycles. The maximum Gasteiger partial charge on any atom is 0.117 e. The summed E-state index contributed by atoms with van der Waals surface area (Å²) < 4.78 is 0. The number of nitrogen functional groups attached to an aromatic ring is 1. The zero-order chi connectivity index (χ0) is 12.3. The van der Waals surface area contributed by atoms with Crippen molar-refractivity contribution in [3.63, 3.8) is 0 Å². The number of hydrogen-bond donors (Lipinski definition) is 2. The molecular formula is C13H19N3S. The molecule has 0 saturated heterocycles. The molecule has 0 aliphatic rings. The highest BCUT2D eigenvalue weighted by atomic mass is 32.2. The Morgan fingerprint density at radius 1 is 1.47 bits per heavy atom.